The summed E-state index contributed by atoms with van der Waals surface area (Å²) < 4.78 is 27.5. The number of amides is 1. The van der Waals surface area contributed by atoms with E-state index in [1.165, 1.54) is 16.9 Å². The van der Waals surface area contributed by atoms with Crippen LogP contribution in [0.25, 0.3) is 10.4 Å². The average molecular weight is 441 g/mol. The second-order valence-corrected chi connectivity index (χ2v) is 10.8. The van der Waals surface area contributed by atoms with Crippen molar-refractivity contribution in [3.63, 3.8) is 0 Å². The molecule has 1 fully saturated rings. The minimum Gasteiger partial charge on any atom is -0.322 e. The summed E-state index contributed by atoms with van der Waals surface area (Å²) in [6, 6.07) is 16.6. The van der Waals surface area contributed by atoms with E-state index in [4.69, 9.17) is 0 Å². The normalized spacial score (nSPS) is 14.7. The summed E-state index contributed by atoms with van der Waals surface area (Å²) in [5.41, 5.74) is 4.40. The highest BCUT2D eigenvalue weighted by molar-refractivity contribution is 7.91. The fraction of sp³-hybridized carbons (Fsp3) is 0.261. The zero-order chi connectivity index (χ0) is 21.3. The summed E-state index contributed by atoms with van der Waals surface area (Å²) in [5.74, 6) is -0.193. The Labute approximate surface area is 181 Å². The molecule has 0 aliphatic carbocycles. The number of hydrogen-bond donors (Lipinski definition) is 1. The summed E-state index contributed by atoms with van der Waals surface area (Å²) in [6.45, 7) is 5.22. The molecule has 0 bridgehead atoms. The molecule has 2 heterocycles. The van der Waals surface area contributed by atoms with Crippen molar-refractivity contribution in [3.8, 4) is 10.4 Å². The molecule has 7 heteroatoms. The van der Waals surface area contributed by atoms with Gasteiger partial charge >= 0.3 is 0 Å². The van der Waals surface area contributed by atoms with Crippen molar-refractivity contribution in [2.45, 2.75) is 30.9 Å². The maximum Gasteiger partial charge on any atom is 0.255 e. The Kier molecular flexibility index (Phi) is 5.77. The summed E-state index contributed by atoms with van der Waals surface area (Å²) in [4.78, 5) is 13.5. The third-order valence-corrected chi connectivity index (χ3v) is 8.91. The lowest BCUT2D eigenvalue weighted by Crippen LogP contribution is -2.27. The van der Waals surface area contributed by atoms with E-state index >= 15 is 0 Å². The van der Waals surface area contributed by atoms with Gasteiger partial charge in [-0.3, -0.25) is 4.79 Å². The van der Waals surface area contributed by atoms with Gasteiger partial charge < -0.3 is 5.32 Å². The van der Waals surface area contributed by atoms with Crippen LogP contribution in [-0.2, 0) is 10.0 Å². The molecule has 2 aromatic carbocycles. The van der Waals surface area contributed by atoms with Crippen molar-refractivity contribution in [1.82, 2.24) is 4.31 Å². The van der Waals surface area contributed by atoms with Gasteiger partial charge in [-0.1, -0.05) is 18.2 Å². The molecule has 4 rings (SSSR count). The molecule has 0 saturated carbocycles. The quantitative estimate of drug-likeness (QED) is 0.602. The molecule has 30 heavy (non-hydrogen) atoms. The zero-order valence-corrected chi connectivity index (χ0v) is 18.6. The summed E-state index contributed by atoms with van der Waals surface area (Å²) in [7, 11) is -3.43. The molecule has 1 amide bonds. The lowest BCUT2D eigenvalue weighted by atomic mass is 10.1. The van der Waals surface area contributed by atoms with Gasteiger partial charge in [0.25, 0.3) is 15.9 Å². The van der Waals surface area contributed by atoms with Crippen molar-refractivity contribution in [2.75, 3.05) is 18.4 Å². The fourth-order valence-corrected chi connectivity index (χ4v) is 6.48. The molecule has 1 saturated heterocycles. The molecule has 0 spiro atoms. The lowest BCUT2D eigenvalue weighted by molar-refractivity contribution is 0.102. The van der Waals surface area contributed by atoms with Gasteiger partial charge in [0.1, 0.15) is 4.21 Å². The first-order valence-electron chi connectivity index (χ1n) is 9.93. The van der Waals surface area contributed by atoms with Crippen LogP contribution in [0.2, 0.25) is 0 Å². The molecule has 0 radical (unpaired) electrons. The largest absolute Gasteiger partial charge is 0.322 e. The van der Waals surface area contributed by atoms with E-state index in [1.807, 2.05) is 50.2 Å². The molecular formula is C23H24N2O3S2. The van der Waals surface area contributed by atoms with Gasteiger partial charge in [-0.2, -0.15) is 4.31 Å². The highest BCUT2D eigenvalue weighted by Crippen LogP contribution is 2.33. The predicted octanol–water partition coefficient (Wildman–Crippen LogP) is 5.07. The van der Waals surface area contributed by atoms with E-state index < -0.39 is 10.0 Å². The number of carbonyl (C=O) groups is 1. The number of thiophene rings is 1. The first kappa shape index (κ1) is 20.8. The Morgan fingerprint density at radius 1 is 0.967 bits per heavy atom. The van der Waals surface area contributed by atoms with Crippen LogP contribution >= 0.6 is 11.3 Å². The number of sulfonamides is 1. The molecule has 0 unspecified atom stereocenters. The third-order valence-electron chi connectivity index (χ3n) is 5.41. The summed E-state index contributed by atoms with van der Waals surface area (Å²) in [5, 5.41) is 2.93. The Hall–Kier alpha value is -2.48. The van der Waals surface area contributed by atoms with Gasteiger partial charge in [0.15, 0.2) is 0 Å². The van der Waals surface area contributed by atoms with E-state index in [-0.39, 0.29) is 5.91 Å². The maximum atomic E-state index is 12.8. The van der Waals surface area contributed by atoms with E-state index in [9.17, 15) is 13.2 Å². The summed E-state index contributed by atoms with van der Waals surface area (Å²) >= 11 is 1.25. The number of benzene rings is 2. The van der Waals surface area contributed by atoms with Crippen LogP contribution in [0.4, 0.5) is 5.69 Å². The first-order valence-corrected chi connectivity index (χ1v) is 12.2. The Morgan fingerprint density at radius 2 is 1.73 bits per heavy atom. The lowest BCUT2D eigenvalue weighted by Gasteiger charge is -2.13. The standard InChI is InChI=1S/C23H24N2O3S2/c1-16-8-9-20(14-17(16)2)24-23(26)19-7-5-6-18(15-19)21-10-11-22(29-21)30(27,28)25-12-3-4-13-25/h5-11,14-15H,3-4,12-13H2,1-2H3,(H,24,26). The molecule has 156 valence electrons. The van der Waals surface area contributed by atoms with Crippen LogP contribution in [-0.4, -0.2) is 31.7 Å². The van der Waals surface area contributed by atoms with Crippen molar-refractivity contribution in [3.05, 3.63) is 71.3 Å². The van der Waals surface area contributed by atoms with Crippen molar-refractivity contribution in [2.24, 2.45) is 0 Å². The number of nitrogens with one attached hydrogen (secondary N) is 1. The topological polar surface area (TPSA) is 66.5 Å². The Balaban J connectivity index is 1.55. The number of hydrogen-bond acceptors (Lipinski definition) is 4. The van der Waals surface area contributed by atoms with Crippen LogP contribution in [0.5, 0.6) is 0 Å². The van der Waals surface area contributed by atoms with Crippen molar-refractivity contribution >= 4 is 33.0 Å². The molecule has 1 aliphatic rings. The number of aryl methyl sites for hydroxylation is 2. The highest BCUT2D eigenvalue weighted by atomic mass is 32.2. The predicted molar refractivity (Wildman–Crippen MR) is 122 cm³/mol. The third kappa shape index (κ3) is 4.19. The van der Waals surface area contributed by atoms with Crippen molar-refractivity contribution in [1.29, 1.82) is 0 Å². The zero-order valence-electron chi connectivity index (χ0n) is 17.0. The Bertz CT molecular complexity index is 1190. The van der Waals surface area contributed by atoms with Gasteiger partial charge in [-0.25, -0.2) is 8.42 Å². The van der Waals surface area contributed by atoms with Crippen LogP contribution < -0.4 is 5.32 Å². The molecule has 0 atom stereocenters. The SMILES string of the molecule is Cc1ccc(NC(=O)c2cccc(-c3ccc(S(=O)(=O)N4CCCC4)s3)c2)cc1C. The fourth-order valence-electron chi connectivity index (χ4n) is 3.51. The molecule has 1 N–H and O–H groups in total. The van der Waals surface area contributed by atoms with E-state index in [1.54, 1.807) is 22.5 Å². The van der Waals surface area contributed by atoms with Crippen LogP contribution in [0.15, 0.2) is 58.8 Å². The molecular weight excluding hydrogens is 416 g/mol. The number of carbonyl (C=O) groups excluding carboxylic acids is 1. The molecule has 5 nitrogen and oxygen atoms in total. The van der Waals surface area contributed by atoms with Crippen LogP contribution in [0.1, 0.15) is 34.3 Å². The molecule has 3 aromatic rings. The number of anilines is 1. The van der Waals surface area contributed by atoms with Crippen LogP contribution in [0.3, 0.4) is 0 Å². The van der Waals surface area contributed by atoms with E-state index in [2.05, 4.69) is 5.32 Å². The van der Waals surface area contributed by atoms with Crippen LogP contribution in [0, 0.1) is 13.8 Å². The van der Waals surface area contributed by atoms with Gasteiger partial charge in [-0.05, 0) is 79.8 Å². The average Bonchev–Trinajstić information content (AvgIpc) is 3.44. The second-order valence-electron chi connectivity index (χ2n) is 7.56. The first-order chi connectivity index (χ1) is 14.3. The maximum absolute atomic E-state index is 12.8. The van der Waals surface area contributed by atoms with E-state index in [0.29, 0.717) is 22.9 Å². The Morgan fingerprint density at radius 3 is 2.47 bits per heavy atom. The minimum atomic E-state index is -3.43. The smallest absolute Gasteiger partial charge is 0.255 e. The van der Waals surface area contributed by atoms with Gasteiger partial charge in [0.2, 0.25) is 0 Å². The van der Waals surface area contributed by atoms with Gasteiger partial charge in [-0.15, -0.1) is 11.3 Å². The number of nitrogens with zero attached hydrogens (tertiary/aromatic N) is 1. The van der Waals surface area contributed by atoms with Crippen molar-refractivity contribution < 1.29 is 13.2 Å². The van der Waals surface area contributed by atoms with E-state index in [0.717, 1.165) is 34.5 Å². The summed E-state index contributed by atoms with van der Waals surface area (Å²) in [6.07, 6.45) is 1.82. The molecule has 1 aromatic heterocycles. The molecule has 1 aliphatic heterocycles. The highest BCUT2D eigenvalue weighted by Gasteiger charge is 2.28. The minimum absolute atomic E-state index is 0.193. The van der Waals surface area contributed by atoms with Gasteiger partial charge in [0.05, 0.1) is 0 Å². The van der Waals surface area contributed by atoms with Gasteiger partial charge in [0, 0.05) is 29.2 Å². The monoisotopic (exact) mass is 440 g/mol. The number of rotatable bonds is 5. The second kappa shape index (κ2) is 8.34.